The predicted octanol–water partition coefficient (Wildman–Crippen LogP) is 3.91. The van der Waals surface area contributed by atoms with Crippen molar-refractivity contribution in [1.82, 2.24) is 19.6 Å². The topological polar surface area (TPSA) is 98.6 Å². The van der Waals surface area contributed by atoms with Crippen LogP contribution in [0.2, 0.25) is 0 Å². The van der Waals surface area contributed by atoms with Crippen LogP contribution in [0.15, 0.2) is 55.0 Å². The second-order valence-corrected chi connectivity index (χ2v) is 9.23. The summed E-state index contributed by atoms with van der Waals surface area (Å²) in [4.78, 5) is 8.01. The van der Waals surface area contributed by atoms with E-state index in [4.69, 9.17) is 10.5 Å². The van der Waals surface area contributed by atoms with Crippen LogP contribution >= 0.6 is 9.24 Å². The minimum Gasteiger partial charge on any atom is -0.488 e. The SMILES string of the molecule is CC(O)(c1cccnc1)C(P)(CF)CCOc1c(F)ccc(-c2ccn3nc(N)nc3c2)c1F. The number of hydrogen-bond acceptors (Lipinski definition) is 6. The van der Waals surface area contributed by atoms with E-state index in [0.717, 1.165) is 6.07 Å². The zero-order valence-corrected chi connectivity index (χ0v) is 19.4. The van der Waals surface area contributed by atoms with Gasteiger partial charge in [0.1, 0.15) is 6.67 Å². The number of nitrogens with zero attached hydrogens (tertiary/aromatic N) is 4. The number of benzene rings is 1. The molecule has 4 aromatic rings. The fourth-order valence-corrected chi connectivity index (χ4v) is 3.95. The van der Waals surface area contributed by atoms with Crippen molar-refractivity contribution in [3.8, 4) is 16.9 Å². The number of pyridine rings is 2. The highest BCUT2D eigenvalue weighted by atomic mass is 31.0. The molecule has 3 atom stereocenters. The normalized spacial score (nSPS) is 15.1. The van der Waals surface area contributed by atoms with Crippen LogP contribution in [0.25, 0.3) is 16.8 Å². The maximum atomic E-state index is 15.3. The first kappa shape index (κ1) is 23.9. The summed E-state index contributed by atoms with van der Waals surface area (Å²) >= 11 is 0. The van der Waals surface area contributed by atoms with E-state index in [9.17, 15) is 13.9 Å². The quantitative estimate of drug-likeness (QED) is 0.364. The van der Waals surface area contributed by atoms with Gasteiger partial charge in [-0.1, -0.05) is 6.07 Å². The summed E-state index contributed by atoms with van der Waals surface area (Å²) in [6, 6.07) is 8.79. The Labute approximate surface area is 196 Å². The molecule has 0 bridgehead atoms. The first-order valence-corrected chi connectivity index (χ1v) is 10.9. The fourth-order valence-electron chi connectivity index (χ4n) is 3.67. The Balaban J connectivity index is 1.57. The van der Waals surface area contributed by atoms with E-state index in [0.29, 0.717) is 16.8 Å². The monoisotopic (exact) mass is 489 g/mol. The van der Waals surface area contributed by atoms with E-state index >= 15 is 4.39 Å². The molecule has 0 aliphatic rings. The number of aromatic nitrogens is 4. The van der Waals surface area contributed by atoms with Crippen LogP contribution in [0.3, 0.4) is 0 Å². The highest BCUT2D eigenvalue weighted by molar-refractivity contribution is 7.19. The molecule has 0 fully saturated rings. The Kier molecular flexibility index (Phi) is 6.47. The van der Waals surface area contributed by atoms with Crippen LogP contribution in [0.4, 0.5) is 19.1 Å². The molecule has 3 aromatic heterocycles. The third-order valence-electron chi connectivity index (χ3n) is 5.94. The molecule has 0 saturated carbocycles. The molecule has 0 aliphatic heterocycles. The molecule has 4 rings (SSSR count). The van der Waals surface area contributed by atoms with Crippen molar-refractivity contribution in [3.63, 3.8) is 0 Å². The largest absolute Gasteiger partial charge is 0.488 e. The number of nitrogen functional groups attached to an aromatic ring is 1. The summed E-state index contributed by atoms with van der Waals surface area (Å²) in [6.45, 7) is 0.294. The third kappa shape index (κ3) is 4.31. The zero-order chi connectivity index (χ0) is 24.5. The second kappa shape index (κ2) is 9.19. The number of anilines is 1. The number of halogens is 3. The molecule has 1 aromatic carbocycles. The highest BCUT2D eigenvalue weighted by Gasteiger charge is 2.45. The van der Waals surface area contributed by atoms with Crippen molar-refractivity contribution in [3.05, 3.63) is 72.2 Å². The minimum atomic E-state index is -1.63. The van der Waals surface area contributed by atoms with Crippen LogP contribution < -0.4 is 10.5 Å². The van der Waals surface area contributed by atoms with Crippen molar-refractivity contribution in [2.75, 3.05) is 19.0 Å². The Morgan fingerprint density at radius 1 is 1.24 bits per heavy atom. The molecule has 0 amide bonds. The van der Waals surface area contributed by atoms with Crippen LogP contribution in [-0.2, 0) is 5.60 Å². The van der Waals surface area contributed by atoms with Crippen LogP contribution in [0, 0.1) is 11.6 Å². The van der Waals surface area contributed by atoms with Crippen molar-refractivity contribution in [1.29, 1.82) is 0 Å². The summed E-state index contributed by atoms with van der Waals surface area (Å²) in [6.07, 6.45) is 4.49. The molecule has 3 N–H and O–H groups in total. The van der Waals surface area contributed by atoms with Crippen molar-refractivity contribution >= 4 is 20.8 Å². The van der Waals surface area contributed by atoms with E-state index in [1.54, 1.807) is 30.5 Å². The Hall–Kier alpha value is -3.23. The smallest absolute Gasteiger partial charge is 0.240 e. The van der Waals surface area contributed by atoms with Crippen LogP contribution in [0.1, 0.15) is 18.9 Å². The molecule has 34 heavy (non-hydrogen) atoms. The fraction of sp³-hybridized carbons (Fsp3) is 0.261. The summed E-state index contributed by atoms with van der Waals surface area (Å²) in [7, 11) is 2.32. The van der Waals surface area contributed by atoms with Crippen molar-refractivity contribution < 1.29 is 23.0 Å². The minimum absolute atomic E-state index is 0.0514. The second-order valence-electron chi connectivity index (χ2n) is 8.13. The lowest BCUT2D eigenvalue weighted by Crippen LogP contribution is -2.47. The Morgan fingerprint density at radius 2 is 2.03 bits per heavy atom. The number of rotatable bonds is 8. The number of hydrogen-bond donors (Lipinski definition) is 2. The molecule has 0 radical (unpaired) electrons. The zero-order valence-electron chi connectivity index (χ0n) is 18.3. The first-order chi connectivity index (χ1) is 16.2. The van der Waals surface area contributed by atoms with E-state index in [1.165, 1.54) is 29.9 Å². The summed E-state index contributed by atoms with van der Waals surface area (Å²) < 4.78 is 50.7. The van der Waals surface area contributed by atoms with Crippen molar-refractivity contribution in [2.24, 2.45) is 0 Å². The standard InChI is InChI=1S/C23H23F3N5O2P/c1-22(32,15-3-2-8-28-12-15)23(34,13-24)7-10-33-20-17(25)5-4-16(19(20)26)14-6-9-31-18(11-14)29-21(27)30-31/h2-6,8-9,11-12,32H,7,10,13,34H2,1H3,(H2,27,30). The van der Waals surface area contributed by atoms with Gasteiger partial charge in [-0.2, -0.15) is 4.98 Å². The van der Waals surface area contributed by atoms with Crippen LogP contribution in [-0.4, -0.2) is 43.1 Å². The number of fused-ring (bicyclic) bond motifs is 1. The third-order valence-corrected chi connectivity index (χ3v) is 6.95. The number of aliphatic hydroxyl groups is 1. The average Bonchev–Trinajstić information content (AvgIpc) is 3.20. The molecule has 3 unspecified atom stereocenters. The Morgan fingerprint density at radius 3 is 2.74 bits per heavy atom. The van der Waals surface area contributed by atoms with Gasteiger partial charge in [-0.3, -0.25) is 4.98 Å². The number of alkyl halides is 1. The van der Waals surface area contributed by atoms with E-state index < -0.39 is 34.8 Å². The van der Waals surface area contributed by atoms with Gasteiger partial charge in [0.15, 0.2) is 23.0 Å². The maximum absolute atomic E-state index is 15.3. The van der Waals surface area contributed by atoms with Gasteiger partial charge in [-0.15, -0.1) is 14.3 Å². The first-order valence-electron chi connectivity index (χ1n) is 10.4. The molecule has 0 spiro atoms. The lowest BCUT2D eigenvalue weighted by atomic mass is 9.81. The summed E-state index contributed by atoms with van der Waals surface area (Å²) in [5.74, 6) is -2.34. The molecule has 11 heteroatoms. The van der Waals surface area contributed by atoms with Crippen LogP contribution in [0.5, 0.6) is 5.75 Å². The molecule has 0 aliphatic carbocycles. The van der Waals surface area contributed by atoms with Gasteiger partial charge in [-0.25, -0.2) is 17.7 Å². The predicted molar refractivity (Wildman–Crippen MR) is 125 cm³/mol. The van der Waals surface area contributed by atoms with Gasteiger partial charge in [0.2, 0.25) is 5.95 Å². The van der Waals surface area contributed by atoms with Gasteiger partial charge in [0.25, 0.3) is 0 Å². The number of ether oxygens (including phenoxy) is 1. The summed E-state index contributed by atoms with van der Waals surface area (Å²) in [5.41, 5.74) is 5.28. The molecular weight excluding hydrogens is 466 g/mol. The Bertz CT molecular complexity index is 1320. The molecular formula is C23H23F3N5O2P. The molecule has 3 heterocycles. The van der Waals surface area contributed by atoms with Gasteiger partial charge < -0.3 is 15.6 Å². The molecule has 7 nitrogen and oxygen atoms in total. The lowest BCUT2D eigenvalue weighted by molar-refractivity contribution is -0.00519. The van der Waals surface area contributed by atoms with Crippen molar-refractivity contribution in [2.45, 2.75) is 24.1 Å². The van der Waals surface area contributed by atoms with Gasteiger partial charge in [-0.05, 0) is 49.2 Å². The van der Waals surface area contributed by atoms with E-state index in [2.05, 4.69) is 24.3 Å². The highest BCUT2D eigenvalue weighted by Crippen LogP contribution is 2.43. The number of nitrogens with two attached hydrogens (primary N) is 1. The van der Waals surface area contributed by atoms with Gasteiger partial charge in [0.05, 0.1) is 12.2 Å². The molecule has 0 saturated heterocycles. The average molecular weight is 489 g/mol. The van der Waals surface area contributed by atoms with Gasteiger partial charge in [0, 0.05) is 34.9 Å². The lowest BCUT2D eigenvalue weighted by Gasteiger charge is -2.40. The maximum Gasteiger partial charge on any atom is 0.240 e. The van der Waals surface area contributed by atoms with Gasteiger partial charge >= 0.3 is 0 Å². The molecule has 178 valence electrons. The van der Waals surface area contributed by atoms with E-state index in [-0.39, 0.29) is 24.5 Å². The summed E-state index contributed by atoms with van der Waals surface area (Å²) in [5, 5.41) is 13.7. The van der Waals surface area contributed by atoms with E-state index in [1.807, 2.05) is 0 Å².